The van der Waals surface area contributed by atoms with Crippen LogP contribution in [-0.2, 0) is 17.5 Å². The van der Waals surface area contributed by atoms with Crippen molar-refractivity contribution in [1.82, 2.24) is 4.57 Å². The molecule has 0 bridgehead atoms. The molecule has 2 aromatic carbocycles. The topological polar surface area (TPSA) is 51.1 Å². The van der Waals surface area contributed by atoms with Crippen LogP contribution in [0.4, 0.5) is 18.9 Å². The SMILES string of the molecule is O=C(Cn1cccc(C(F)(F)F)c1=O)Nc1cccc2ccccc12. The Labute approximate surface area is 140 Å². The van der Waals surface area contributed by atoms with Gasteiger partial charge in [0.25, 0.3) is 5.56 Å². The fourth-order valence-electron chi connectivity index (χ4n) is 2.56. The monoisotopic (exact) mass is 346 g/mol. The summed E-state index contributed by atoms with van der Waals surface area (Å²) >= 11 is 0. The summed E-state index contributed by atoms with van der Waals surface area (Å²) in [6.07, 6.45) is -3.60. The summed E-state index contributed by atoms with van der Waals surface area (Å²) in [6, 6.07) is 14.5. The molecular weight excluding hydrogens is 333 g/mol. The smallest absolute Gasteiger partial charge is 0.324 e. The lowest BCUT2D eigenvalue weighted by Gasteiger charge is -2.12. The fourth-order valence-corrected chi connectivity index (χ4v) is 2.56. The molecule has 1 N–H and O–H groups in total. The second-order valence-corrected chi connectivity index (χ2v) is 5.43. The van der Waals surface area contributed by atoms with Crippen molar-refractivity contribution in [2.45, 2.75) is 12.7 Å². The van der Waals surface area contributed by atoms with Crippen molar-refractivity contribution in [1.29, 1.82) is 0 Å². The lowest BCUT2D eigenvalue weighted by Crippen LogP contribution is -2.31. The molecule has 1 heterocycles. The zero-order valence-corrected chi connectivity index (χ0v) is 12.9. The van der Waals surface area contributed by atoms with Crippen molar-refractivity contribution in [3.05, 3.63) is 76.7 Å². The molecule has 1 aromatic heterocycles. The van der Waals surface area contributed by atoms with E-state index in [2.05, 4.69) is 5.32 Å². The first-order chi connectivity index (χ1) is 11.9. The van der Waals surface area contributed by atoms with Crippen LogP contribution < -0.4 is 10.9 Å². The number of hydrogen-bond donors (Lipinski definition) is 1. The van der Waals surface area contributed by atoms with Gasteiger partial charge in [0.2, 0.25) is 5.91 Å². The van der Waals surface area contributed by atoms with Crippen LogP contribution in [0.3, 0.4) is 0 Å². The van der Waals surface area contributed by atoms with E-state index in [1.165, 1.54) is 0 Å². The van der Waals surface area contributed by atoms with Gasteiger partial charge in [0.05, 0.1) is 0 Å². The Bertz CT molecular complexity index is 988. The van der Waals surface area contributed by atoms with E-state index < -0.39 is 29.8 Å². The molecule has 0 aliphatic heterocycles. The van der Waals surface area contributed by atoms with Gasteiger partial charge >= 0.3 is 6.18 Å². The predicted octanol–water partition coefficient (Wildman–Crippen LogP) is 3.66. The summed E-state index contributed by atoms with van der Waals surface area (Å²) < 4.78 is 39.1. The number of benzene rings is 2. The maximum Gasteiger partial charge on any atom is 0.421 e. The van der Waals surface area contributed by atoms with Crippen molar-refractivity contribution in [3.8, 4) is 0 Å². The number of anilines is 1. The third kappa shape index (κ3) is 3.55. The summed E-state index contributed by atoms with van der Waals surface area (Å²) in [4.78, 5) is 24.1. The molecule has 3 aromatic rings. The van der Waals surface area contributed by atoms with E-state index >= 15 is 0 Å². The Hall–Kier alpha value is -3.09. The normalized spacial score (nSPS) is 11.5. The van der Waals surface area contributed by atoms with Gasteiger partial charge in [-0.05, 0) is 23.6 Å². The Morgan fingerprint density at radius 1 is 1.00 bits per heavy atom. The Kier molecular flexibility index (Phi) is 4.31. The lowest BCUT2D eigenvalue weighted by molar-refractivity contribution is -0.139. The first-order valence-electron chi connectivity index (χ1n) is 7.40. The molecule has 0 aliphatic rings. The first-order valence-corrected chi connectivity index (χ1v) is 7.40. The van der Waals surface area contributed by atoms with Gasteiger partial charge < -0.3 is 9.88 Å². The highest BCUT2D eigenvalue weighted by molar-refractivity contribution is 6.01. The molecule has 25 heavy (non-hydrogen) atoms. The van der Waals surface area contributed by atoms with Gasteiger partial charge in [0, 0.05) is 17.3 Å². The quantitative estimate of drug-likeness (QED) is 0.787. The summed E-state index contributed by atoms with van der Waals surface area (Å²) in [5, 5.41) is 4.35. The van der Waals surface area contributed by atoms with Crippen molar-refractivity contribution in [2.75, 3.05) is 5.32 Å². The summed E-state index contributed by atoms with van der Waals surface area (Å²) in [5.74, 6) is -0.585. The van der Waals surface area contributed by atoms with Crippen LogP contribution in [0.15, 0.2) is 65.6 Å². The number of halogens is 3. The van der Waals surface area contributed by atoms with Crippen molar-refractivity contribution in [3.63, 3.8) is 0 Å². The molecule has 0 atom stereocenters. The number of amides is 1. The van der Waals surface area contributed by atoms with Gasteiger partial charge in [-0.2, -0.15) is 13.2 Å². The van der Waals surface area contributed by atoms with E-state index in [0.717, 1.165) is 27.6 Å². The molecule has 7 heteroatoms. The minimum Gasteiger partial charge on any atom is -0.324 e. The Morgan fingerprint density at radius 3 is 2.48 bits per heavy atom. The van der Waals surface area contributed by atoms with E-state index in [4.69, 9.17) is 0 Å². The Balaban J connectivity index is 1.85. The number of rotatable bonds is 3. The molecule has 0 spiro atoms. The number of pyridine rings is 1. The van der Waals surface area contributed by atoms with Crippen LogP contribution >= 0.6 is 0 Å². The first kappa shape index (κ1) is 16.8. The molecule has 128 valence electrons. The lowest BCUT2D eigenvalue weighted by atomic mass is 10.1. The molecule has 1 amide bonds. The average Bonchev–Trinajstić information content (AvgIpc) is 2.56. The van der Waals surface area contributed by atoms with Crippen LogP contribution in [-0.4, -0.2) is 10.5 Å². The second kappa shape index (κ2) is 6.43. The van der Waals surface area contributed by atoms with Crippen LogP contribution in [0.1, 0.15) is 5.56 Å². The molecule has 3 rings (SSSR count). The third-order valence-electron chi connectivity index (χ3n) is 3.70. The molecule has 0 aliphatic carbocycles. The van der Waals surface area contributed by atoms with Gasteiger partial charge in [0.1, 0.15) is 12.1 Å². The fraction of sp³-hybridized carbons (Fsp3) is 0.111. The van der Waals surface area contributed by atoms with Crippen molar-refractivity contribution < 1.29 is 18.0 Å². The number of nitrogens with zero attached hydrogens (tertiary/aromatic N) is 1. The van der Waals surface area contributed by atoms with Gasteiger partial charge in [-0.1, -0.05) is 36.4 Å². The van der Waals surface area contributed by atoms with Crippen molar-refractivity contribution >= 4 is 22.4 Å². The Morgan fingerprint density at radius 2 is 1.72 bits per heavy atom. The highest BCUT2D eigenvalue weighted by Gasteiger charge is 2.34. The van der Waals surface area contributed by atoms with Crippen LogP contribution in [0, 0.1) is 0 Å². The molecule has 0 saturated heterocycles. The minimum atomic E-state index is -4.76. The van der Waals surface area contributed by atoms with Gasteiger partial charge in [-0.3, -0.25) is 9.59 Å². The zero-order valence-electron chi connectivity index (χ0n) is 12.9. The maximum atomic E-state index is 12.8. The summed E-state index contributed by atoms with van der Waals surface area (Å²) in [7, 11) is 0. The predicted molar refractivity (Wildman–Crippen MR) is 88.3 cm³/mol. The van der Waals surface area contributed by atoms with Gasteiger partial charge in [0.15, 0.2) is 0 Å². The summed E-state index contributed by atoms with van der Waals surface area (Å²) in [5.41, 5.74) is -2.01. The number of fused-ring (bicyclic) bond motifs is 1. The van der Waals surface area contributed by atoms with E-state index in [1.54, 1.807) is 12.1 Å². The van der Waals surface area contributed by atoms with E-state index in [1.807, 2.05) is 30.3 Å². The van der Waals surface area contributed by atoms with Gasteiger partial charge in [-0.15, -0.1) is 0 Å². The number of carbonyl (C=O) groups excluding carboxylic acids is 1. The van der Waals surface area contributed by atoms with Crippen LogP contribution in [0.2, 0.25) is 0 Å². The molecule has 0 radical (unpaired) electrons. The summed E-state index contributed by atoms with van der Waals surface area (Å²) in [6.45, 7) is -0.508. The van der Waals surface area contributed by atoms with Crippen LogP contribution in [0.25, 0.3) is 10.8 Å². The van der Waals surface area contributed by atoms with E-state index in [0.29, 0.717) is 11.8 Å². The standard InChI is InChI=1S/C18H13F3N2O2/c19-18(20,21)14-8-4-10-23(17(14)25)11-16(24)22-15-9-3-6-12-5-1-2-7-13(12)15/h1-10H,11H2,(H,22,24). The van der Waals surface area contributed by atoms with E-state index in [-0.39, 0.29) is 0 Å². The number of hydrogen-bond acceptors (Lipinski definition) is 2. The zero-order chi connectivity index (χ0) is 18.0. The highest BCUT2D eigenvalue weighted by Crippen LogP contribution is 2.26. The molecule has 4 nitrogen and oxygen atoms in total. The second-order valence-electron chi connectivity index (χ2n) is 5.43. The maximum absolute atomic E-state index is 12.8. The average molecular weight is 346 g/mol. The molecule has 0 fully saturated rings. The largest absolute Gasteiger partial charge is 0.421 e. The number of alkyl halides is 3. The van der Waals surface area contributed by atoms with Gasteiger partial charge in [-0.25, -0.2) is 0 Å². The highest BCUT2D eigenvalue weighted by atomic mass is 19.4. The third-order valence-corrected chi connectivity index (χ3v) is 3.70. The van der Waals surface area contributed by atoms with E-state index in [9.17, 15) is 22.8 Å². The molecular formula is C18H13F3N2O2. The number of nitrogens with one attached hydrogen (secondary N) is 1. The molecule has 0 saturated carbocycles. The number of aromatic nitrogens is 1. The number of carbonyl (C=O) groups is 1. The molecule has 0 unspecified atom stereocenters. The van der Waals surface area contributed by atoms with Crippen molar-refractivity contribution in [2.24, 2.45) is 0 Å². The minimum absolute atomic E-state index is 0.508. The van der Waals surface area contributed by atoms with Crippen LogP contribution in [0.5, 0.6) is 0 Å².